The molecule has 1 aliphatic heterocycles. The fourth-order valence-electron chi connectivity index (χ4n) is 3.59. The van der Waals surface area contributed by atoms with Crippen LogP contribution in [0, 0.1) is 0 Å². The average Bonchev–Trinajstić information content (AvgIpc) is 3.13. The topological polar surface area (TPSA) is 83.9 Å². The third-order valence-corrected chi connectivity index (χ3v) is 4.72. The van der Waals surface area contributed by atoms with Crippen molar-refractivity contribution in [1.29, 1.82) is 0 Å². The van der Waals surface area contributed by atoms with Crippen molar-refractivity contribution in [3.63, 3.8) is 0 Å². The van der Waals surface area contributed by atoms with Crippen molar-refractivity contribution in [3.05, 3.63) is 63.2 Å². The van der Waals surface area contributed by atoms with E-state index in [4.69, 9.17) is 0 Å². The Hall–Kier alpha value is -3.10. The first-order chi connectivity index (χ1) is 13.1. The molecule has 140 valence electrons. The van der Waals surface area contributed by atoms with Crippen molar-refractivity contribution in [2.45, 2.75) is 31.9 Å². The molecular weight excluding hydrogens is 356 g/mol. The lowest BCUT2D eigenvalue weighted by molar-refractivity contribution is 0.123. The number of alkyl halides is 2. The number of benzene rings is 1. The maximum Gasteiger partial charge on any atom is 0.290 e. The molecular formula is C18H17F2N5O2. The van der Waals surface area contributed by atoms with Crippen LogP contribution in [-0.4, -0.2) is 32.5 Å². The van der Waals surface area contributed by atoms with Crippen LogP contribution >= 0.6 is 0 Å². The van der Waals surface area contributed by atoms with Gasteiger partial charge in [0.2, 0.25) is 0 Å². The van der Waals surface area contributed by atoms with Gasteiger partial charge in [0.05, 0.1) is 23.5 Å². The third-order valence-electron chi connectivity index (χ3n) is 4.72. The summed E-state index contributed by atoms with van der Waals surface area (Å²) in [5.41, 5.74) is -0.421. The van der Waals surface area contributed by atoms with Crippen LogP contribution in [0.25, 0.3) is 10.9 Å². The summed E-state index contributed by atoms with van der Waals surface area (Å²) >= 11 is 0. The van der Waals surface area contributed by atoms with Crippen molar-refractivity contribution < 1.29 is 8.78 Å². The van der Waals surface area contributed by atoms with Gasteiger partial charge in [-0.2, -0.15) is 0 Å². The Balaban J connectivity index is 1.90. The Morgan fingerprint density at radius 3 is 2.85 bits per heavy atom. The van der Waals surface area contributed by atoms with Gasteiger partial charge in [-0.1, -0.05) is 12.1 Å². The maximum atomic E-state index is 13.2. The molecule has 2 aromatic heterocycles. The van der Waals surface area contributed by atoms with Crippen molar-refractivity contribution in [2.75, 3.05) is 11.4 Å². The predicted octanol–water partition coefficient (Wildman–Crippen LogP) is 2.09. The Kier molecular flexibility index (Phi) is 4.43. The van der Waals surface area contributed by atoms with Crippen molar-refractivity contribution in [2.24, 2.45) is 0 Å². The number of nitrogens with one attached hydrogen (secondary N) is 1. The first kappa shape index (κ1) is 17.3. The largest absolute Gasteiger partial charge is 0.342 e. The lowest BCUT2D eigenvalue weighted by atomic mass is 10.1. The quantitative estimate of drug-likeness (QED) is 0.757. The number of anilines is 1. The summed E-state index contributed by atoms with van der Waals surface area (Å²) in [6.07, 6.45) is 1.52. The number of aromatic amines is 1. The Morgan fingerprint density at radius 2 is 2.07 bits per heavy atom. The highest BCUT2D eigenvalue weighted by molar-refractivity contribution is 5.77. The molecule has 1 unspecified atom stereocenters. The predicted molar refractivity (Wildman–Crippen MR) is 96.2 cm³/mol. The standard InChI is InChI=1S/C18H17F2N5O2/c19-14(20)10-25-15(23-12-5-2-1-4-11(12)18(25)27)13-6-3-9-24(13)16-17(26)22-8-7-21-16/h1-2,4-5,7-8,13-14H,3,6,9-10H2,(H,22,26). The summed E-state index contributed by atoms with van der Waals surface area (Å²) in [5, 5.41) is 0.294. The van der Waals surface area contributed by atoms with E-state index >= 15 is 0 Å². The fourth-order valence-corrected chi connectivity index (χ4v) is 3.59. The molecule has 27 heavy (non-hydrogen) atoms. The van der Waals surface area contributed by atoms with Gasteiger partial charge in [-0.15, -0.1) is 0 Å². The number of rotatable bonds is 4. The Morgan fingerprint density at radius 1 is 1.26 bits per heavy atom. The van der Waals surface area contributed by atoms with E-state index < -0.39 is 24.6 Å². The van der Waals surface area contributed by atoms with Gasteiger partial charge in [0, 0.05) is 18.9 Å². The number of halogens is 2. The zero-order valence-corrected chi connectivity index (χ0v) is 14.3. The van der Waals surface area contributed by atoms with Crippen LogP contribution in [-0.2, 0) is 6.54 Å². The third kappa shape index (κ3) is 3.09. The van der Waals surface area contributed by atoms with Crippen molar-refractivity contribution in [1.82, 2.24) is 19.5 Å². The molecule has 0 radical (unpaired) electrons. The van der Waals surface area contributed by atoms with Gasteiger partial charge in [0.1, 0.15) is 5.82 Å². The van der Waals surface area contributed by atoms with Crippen LogP contribution in [0.15, 0.2) is 46.2 Å². The van der Waals surface area contributed by atoms with Crippen LogP contribution in [0.2, 0.25) is 0 Å². The highest BCUT2D eigenvalue weighted by atomic mass is 19.3. The number of aromatic nitrogens is 4. The molecule has 0 aliphatic carbocycles. The minimum Gasteiger partial charge on any atom is -0.342 e. The molecule has 1 atom stereocenters. The Bertz CT molecular complexity index is 1090. The molecule has 4 rings (SSSR count). The van der Waals surface area contributed by atoms with Crippen molar-refractivity contribution in [3.8, 4) is 0 Å². The number of hydrogen-bond donors (Lipinski definition) is 1. The van der Waals surface area contributed by atoms with Gasteiger partial charge in [0.15, 0.2) is 5.82 Å². The van der Waals surface area contributed by atoms with Gasteiger partial charge in [-0.3, -0.25) is 14.2 Å². The minimum atomic E-state index is -2.70. The van der Waals surface area contributed by atoms with Gasteiger partial charge >= 0.3 is 0 Å². The number of nitrogens with zero attached hydrogens (tertiary/aromatic N) is 4. The van der Waals surface area contributed by atoms with E-state index in [1.165, 1.54) is 12.4 Å². The summed E-state index contributed by atoms with van der Waals surface area (Å²) in [7, 11) is 0. The van der Waals surface area contributed by atoms with E-state index in [9.17, 15) is 18.4 Å². The number of hydrogen-bond acceptors (Lipinski definition) is 5. The minimum absolute atomic E-state index is 0.200. The number of para-hydroxylation sites is 1. The molecule has 1 N–H and O–H groups in total. The van der Waals surface area contributed by atoms with Crippen LogP contribution in [0.1, 0.15) is 24.7 Å². The lowest BCUT2D eigenvalue weighted by Gasteiger charge is -2.26. The van der Waals surface area contributed by atoms with E-state index in [2.05, 4.69) is 15.0 Å². The molecule has 3 aromatic rings. The first-order valence-electron chi connectivity index (χ1n) is 8.64. The molecule has 1 aromatic carbocycles. The van der Waals surface area contributed by atoms with E-state index in [-0.39, 0.29) is 17.2 Å². The summed E-state index contributed by atoms with van der Waals surface area (Å²) < 4.78 is 27.4. The summed E-state index contributed by atoms with van der Waals surface area (Å²) in [6.45, 7) is -0.211. The second-order valence-electron chi connectivity index (χ2n) is 6.39. The van der Waals surface area contributed by atoms with Crippen LogP contribution in [0.4, 0.5) is 14.6 Å². The molecule has 7 nitrogen and oxygen atoms in total. The molecule has 0 amide bonds. The Labute approximate surface area is 152 Å². The smallest absolute Gasteiger partial charge is 0.290 e. The zero-order chi connectivity index (χ0) is 19.0. The van der Waals surface area contributed by atoms with E-state index in [1.54, 1.807) is 29.2 Å². The van der Waals surface area contributed by atoms with E-state index in [0.29, 0.717) is 23.9 Å². The van der Waals surface area contributed by atoms with Gasteiger partial charge in [-0.05, 0) is 25.0 Å². The monoisotopic (exact) mass is 373 g/mol. The van der Waals surface area contributed by atoms with E-state index in [0.717, 1.165) is 11.0 Å². The highest BCUT2D eigenvalue weighted by Gasteiger charge is 2.33. The second-order valence-corrected chi connectivity index (χ2v) is 6.39. The number of fused-ring (bicyclic) bond motifs is 1. The summed E-state index contributed by atoms with van der Waals surface area (Å²) in [5.74, 6) is 0.438. The zero-order valence-electron chi connectivity index (χ0n) is 14.3. The molecule has 1 saturated heterocycles. The summed E-state index contributed by atoms with van der Waals surface area (Å²) in [6, 6.07) is 6.20. The van der Waals surface area contributed by atoms with Crippen LogP contribution < -0.4 is 16.0 Å². The molecule has 0 bridgehead atoms. The molecule has 1 aliphatic rings. The average molecular weight is 373 g/mol. The molecule has 0 spiro atoms. The highest BCUT2D eigenvalue weighted by Crippen LogP contribution is 2.33. The van der Waals surface area contributed by atoms with Gasteiger partial charge < -0.3 is 9.88 Å². The summed E-state index contributed by atoms with van der Waals surface area (Å²) in [4.78, 5) is 38.0. The lowest BCUT2D eigenvalue weighted by Crippen LogP contribution is -2.36. The van der Waals surface area contributed by atoms with Crippen LogP contribution in [0.3, 0.4) is 0 Å². The molecule has 3 heterocycles. The fraction of sp³-hybridized carbons (Fsp3) is 0.333. The number of H-pyrrole nitrogens is 1. The molecule has 1 fully saturated rings. The first-order valence-corrected chi connectivity index (χ1v) is 8.64. The normalized spacial score (nSPS) is 17.1. The van der Waals surface area contributed by atoms with Crippen molar-refractivity contribution >= 4 is 16.7 Å². The second kappa shape index (κ2) is 6.90. The maximum absolute atomic E-state index is 13.2. The van der Waals surface area contributed by atoms with Gasteiger partial charge in [0.25, 0.3) is 17.5 Å². The SMILES string of the molecule is O=c1[nH]ccnc1N1CCCC1c1nc2ccccc2c(=O)n1CC(F)F. The van der Waals surface area contributed by atoms with Gasteiger partial charge in [-0.25, -0.2) is 18.7 Å². The van der Waals surface area contributed by atoms with E-state index in [1.807, 2.05) is 0 Å². The molecule has 9 heteroatoms. The molecule has 0 saturated carbocycles. The van der Waals surface area contributed by atoms with Crippen LogP contribution in [0.5, 0.6) is 0 Å².